The van der Waals surface area contributed by atoms with Crippen molar-refractivity contribution >= 4 is 17.7 Å². The van der Waals surface area contributed by atoms with E-state index < -0.39 is 0 Å². The van der Waals surface area contributed by atoms with Gasteiger partial charge in [0.1, 0.15) is 0 Å². The van der Waals surface area contributed by atoms with E-state index in [4.69, 9.17) is 0 Å². The molecule has 0 spiro atoms. The smallest absolute Gasteiger partial charge is 0.342 e. The van der Waals surface area contributed by atoms with Crippen molar-refractivity contribution in [1.29, 1.82) is 0 Å². The van der Waals surface area contributed by atoms with Crippen LogP contribution in [0.2, 0.25) is 0 Å². The number of nitrogens with zero attached hydrogens (tertiary/aromatic N) is 2. The van der Waals surface area contributed by atoms with Gasteiger partial charge in [0.05, 0.1) is 10.8 Å². The van der Waals surface area contributed by atoms with Crippen LogP contribution in [-0.2, 0) is 4.79 Å². The van der Waals surface area contributed by atoms with Crippen LogP contribution in [0.25, 0.3) is 0 Å². The molecule has 2 heterocycles. The summed E-state index contributed by atoms with van der Waals surface area (Å²) < 4.78 is 0. The average molecular weight is 267 g/mol. The van der Waals surface area contributed by atoms with E-state index in [-0.39, 0.29) is 11.6 Å². The van der Waals surface area contributed by atoms with Crippen molar-refractivity contribution in [3.05, 3.63) is 22.7 Å². The van der Waals surface area contributed by atoms with Crippen molar-refractivity contribution in [3.63, 3.8) is 0 Å². The second-order valence-electron chi connectivity index (χ2n) is 4.32. The summed E-state index contributed by atoms with van der Waals surface area (Å²) in [7, 11) is 0. The molecule has 6 heteroatoms. The highest BCUT2D eigenvalue weighted by Gasteiger charge is 2.15. The van der Waals surface area contributed by atoms with Gasteiger partial charge in [-0.3, -0.25) is 4.79 Å². The lowest BCUT2D eigenvalue weighted by molar-refractivity contribution is -0.128. The van der Waals surface area contributed by atoms with Gasteiger partial charge in [0.25, 0.3) is 0 Å². The zero-order valence-corrected chi connectivity index (χ0v) is 11.0. The molecule has 0 aliphatic carbocycles. The lowest BCUT2D eigenvalue weighted by atomic mass is 10.2. The molecule has 1 aromatic heterocycles. The summed E-state index contributed by atoms with van der Waals surface area (Å²) >= 11 is 1.36. The second-order valence-corrected chi connectivity index (χ2v) is 5.34. The minimum absolute atomic E-state index is 0.152. The molecule has 1 aliphatic heterocycles. The Morgan fingerprint density at radius 3 is 2.72 bits per heavy atom. The third-order valence-corrected chi connectivity index (χ3v) is 3.90. The van der Waals surface area contributed by atoms with E-state index in [1.54, 1.807) is 6.07 Å². The molecule has 2 rings (SSSR count). The zero-order chi connectivity index (χ0) is 12.8. The van der Waals surface area contributed by atoms with Gasteiger partial charge >= 0.3 is 5.69 Å². The molecule has 0 aromatic carbocycles. The zero-order valence-electron chi connectivity index (χ0n) is 10.2. The molecule has 1 saturated heterocycles. The number of carbonyl (C=O) groups is 1. The van der Waals surface area contributed by atoms with Crippen LogP contribution in [0.4, 0.5) is 0 Å². The molecule has 1 fully saturated rings. The first-order chi connectivity index (χ1) is 8.75. The van der Waals surface area contributed by atoms with Crippen LogP contribution in [0, 0.1) is 0 Å². The number of aromatic nitrogens is 2. The first kappa shape index (κ1) is 13.1. The minimum atomic E-state index is -0.373. The Kier molecular flexibility index (Phi) is 4.81. The topological polar surface area (TPSA) is 66.1 Å². The maximum absolute atomic E-state index is 12.0. The van der Waals surface area contributed by atoms with Gasteiger partial charge in [-0.15, -0.1) is 0 Å². The van der Waals surface area contributed by atoms with Gasteiger partial charge in [-0.1, -0.05) is 24.6 Å². The highest BCUT2D eigenvalue weighted by Crippen LogP contribution is 2.15. The van der Waals surface area contributed by atoms with Crippen LogP contribution in [0.3, 0.4) is 0 Å². The number of carbonyl (C=O) groups excluding carboxylic acids is 1. The fourth-order valence-electron chi connectivity index (χ4n) is 1.99. The largest absolute Gasteiger partial charge is 0.345 e. The number of thioether (sulfide) groups is 1. The summed E-state index contributed by atoms with van der Waals surface area (Å²) in [6.07, 6.45) is 6.09. The SMILES string of the molecule is O=C(CSc1ccnc(=O)[nH]1)N1CCCCCC1. The number of hydrogen-bond acceptors (Lipinski definition) is 4. The number of amides is 1. The van der Waals surface area contributed by atoms with Gasteiger partial charge in [0.15, 0.2) is 0 Å². The summed E-state index contributed by atoms with van der Waals surface area (Å²) in [5.74, 6) is 0.527. The molecule has 1 N–H and O–H groups in total. The van der Waals surface area contributed by atoms with Crippen molar-refractivity contribution < 1.29 is 4.79 Å². The summed E-state index contributed by atoms with van der Waals surface area (Å²) in [5.41, 5.74) is -0.373. The van der Waals surface area contributed by atoms with Gasteiger partial charge in [-0.2, -0.15) is 0 Å². The Balaban J connectivity index is 1.85. The first-order valence-electron chi connectivity index (χ1n) is 6.21. The standard InChI is InChI=1S/C12H17N3O2S/c16-11(15-7-3-1-2-4-8-15)9-18-10-5-6-13-12(17)14-10/h5-6H,1-4,7-9H2,(H,13,14,17). The normalized spacial score (nSPS) is 16.3. The predicted octanol–water partition coefficient (Wildman–Crippen LogP) is 1.26. The first-order valence-corrected chi connectivity index (χ1v) is 7.20. The van der Waals surface area contributed by atoms with E-state index in [0.29, 0.717) is 10.8 Å². The molecule has 1 amide bonds. The van der Waals surface area contributed by atoms with Crippen molar-refractivity contribution in [2.45, 2.75) is 30.7 Å². The summed E-state index contributed by atoms with van der Waals surface area (Å²) in [6.45, 7) is 1.73. The van der Waals surface area contributed by atoms with Gasteiger partial charge in [0.2, 0.25) is 5.91 Å². The van der Waals surface area contributed by atoms with Gasteiger partial charge in [-0.25, -0.2) is 9.78 Å². The molecular formula is C12H17N3O2S. The van der Waals surface area contributed by atoms with E-state index in [0.717, 1.165) is 25.9 Å². The van der Waals surface area contributed by atoms with E-state index in [1.807, 2.05) is 4.90 Å². The Bertz CT molecular complexity index is 453. The van der Waals surface area contributed by atoms with E-state index >= 15 is 0 Å². The molecule has 5 nitrogen and oxygen atoms in total. The Hall–Kier alpha value is -1.30. The van der Waals surface area contributed by atoms with Crippen molar-refractivity contribution in [3.8, 4) is 0 Å². The van der Waals surface area contributed by atoms with E-state index in [2.05, 4.69) is 9.97 Å². The molecule has 98 valence electrons. The van der Waals surface area contributed by atoms with Gasteiger partial charge in [-0.05, 0) is 18.9 Å². The van der Waals surface area contributed by atoms with Gasteiger partial charge < -0.3 is 9.88 Å². The van der Waals surface area contributed by atoms with Gasteiger partial charge in [0, 0.05) is 19.3 Å². The van der Waals surface area contributed by atoms with Crippen LogP contribution in [-0.4, -0.2) is 39.6 Å². The summed E-state index contributed by atoms with van der Waals surface area (Å²) in [4.78, 5) is 31.1. The number of hydrogen-bond donors (Lipinski definition) is 1. The van der Waals surface area contributed by atoms with Crippen LogP contribution in [0.5, 0.6) is 0 Å². The molecule has 0 saturated carbocycles. The molecular weight excluding hydrogens is 250 g/mol. The Morgan fingerprint density at radius 2 is 2.06 bits per heavy atom. The van der Waals surface area contributed by atoms with Crippen LogP contribution in [0.15, 0.2) is 22.1 Å². The second kappa shape index (κ2) is 6.58. The van der Waals surface area contributed by atoms with Crippen molar-refractivity contribution in [1.82, 2.24) is 14.9 Å². The monoisotopic (exact) mass is 267 g/mol. The molecule has 0 bridgehead atoms. The quantitative estimate of drug-likeness (QED) is 0.661. The summed E-state index contributed by atoms with van der Waals surface area (Å²) in [5, 5.41) is 0.693. The fraction of sp³-hybridized carbons (Fsp3) is 0.583. The minimum Gasteiger partial charge on any atom is -0.342 e. The lowest BCUT2D eigenvalue weighted by Gasteiger charge is -2.19. The van der Waals surface area contributed by atoms with Crippen molar-refractivity contribution in [2.24, 2.45) is 0 Å². The molecule has 18 heavy (non-hydrogen) atoms. The van der Waals surface area contributed by atoms with E-state index in [9.17, 15) is 9.59 Å². The predicted molar refractivity (Wildman–Crippen MR) is 70.6 cm³/mol. The molecule has 0 radical (unpaired) electrons. The molecule has 0 atom stereocenters. The van der Waals surface area contributed by atoms with Crippen LogP contribution in [0.1, 0.15) is 25.7 Å². The Labute approximate surface area is 110 Å². The molecule has 0 unspecified atom stereocenters. The number of likely N-dealkylation sites (tertiary alicyclic amines) is 1. The Morgan fingerprint density at radius 1 is 1.33 bits per heavy atom. The highest BCUT2D eigenvalue weighted by atomic mass is 32.2. The van der Waals surface area contributed by atoms with Crippen LogP contribution < -0.4 is 5.69 Å². The van der Waals surface area contributed by atoms with Crippen LogP contribution >= 0.6 is 11.8 Å². The lowest BCUT2D eigenvalue weighted by Crippen LogP contribution is -2.33. The third-order valence-electron chi connectivity index (χ3n) is 2.96. The van der Waals surface area contributed by atoms with E-state index in [1.165, 1.54) is 30.8 Å². The molecule has 1 aromatic rings. The number of nitrogens with one attached hydrogen (secondary N) is 1. The van der Waals surface area contributed by atoms with Crippen molar-refractivity contribution in [2.75, 3.05) is 18.8 Å². The average Bonchev–Trinajstić information content (AvgIpc) is 2.65. The molecule has 1 aliphatic rings. The maximum Gasteiger partial charge on any atom is 0.345 e. The number of H-pyrrole nitrogens is 1. The third kappa shape index (κ3) is 3.87. The number of rotatable bonds is 3. The maximum atomic E-state index is 12.0. The summed E-state index contributed by atoms with van der Waals surface area (Å²) in [6, 6.07) is 1.71. The number of aromatic amines is 1. The highest BCUT2D eigenvalue weighted by molar-refractivity contribution is 7.99. The fourth-order valence-corrected chi connectivity index (χ4v) is 2.77.